The Labute approximate surface area is 113 Å². The molecule has 0 aliphatic rings. The first-order chi connectivity index (χ1) is 9.65. The second-order valence-corrected chi connectivity index (χ2v) is 3.91. The van der Waals surface area contributed by atoms with E-state index < -0.39 is 4.92 Å². The van der Waals surface area contributed by atoms with Gasteiger partial charge in [-0.05, 0) is 12.1 Å². The predicted molar refractivity (Wildman–Crippen MR) is 67.8 cm³/mol. The summed E-state index contributed by atoms with van der Waals surface area (Å²) in [7, 11) is 0. The van der Waals surface area contributed by atoms with Gasteiger partial charge in [0, 0.05) is 6.54 Å². The molecule has 0 fully saturated rings. The van der Waals surface area contributed by atoms with E-state index in [0.29, 0.717) is 25.4 Å². The van der Waals surface area contributed by atoms with Crippen molar-refractivity contribution in [1.82, 2.24) is 20.4 Å². The van der Waals surface area contributed by atoms with Gasteiger partial charge in [0.2, 0.25) is 0 Å². The molecule has 2 aromatic rings. The number of hydrogen-bond acceptors (Lipinski definition) is 5. The third-order valence-electron chi connectivity index (χ3n) is 2.46. The number of carbonyl (C=O) groups excluding carboxylic acids is 1. The molecule has 2 N–H and O–H groups in total. The Morgan fingerprint density at radius 1 is 1.50 bits per heavy atom. The van der Waals surface area contributed by atoms with Crippen molar-refractivity contribution >= 4 is 11.7 Å². The molecule has 0 aliphatic heterocycles. The van der Waals surface area contributed by atoms with Crippen molar-refractivity contribution in [2.45, 2.75) is 13.1 Å². The van der Waals surface area contributed by atoms with Crippen LogP contribution in [0, 0.1) is 10.1 Å². The molecule has 0 bridgehead atoms. The van der Waals surface area contributed by atoms with Crippen molar-refractivity contribution in [1.29, 1.82) is 0 Å². The van der Waals surface area contributed by atoms with Gasteiger partial charge in [-0.3, -0.25) is 14.8 Å². The second kappa shape index (κ2) is 6.36. The van der Waals surface area contributed by atoms with E-state index in [-0.39, 0.29) is 11.7 Å². The highest BCUT2D eigenvalue weighted by Crippen LogP contribution is 2.06. The molecule has 2 aromatic heterocycles. The van der Waals surface area contributed by atoms with E-state index in [9.17, 15) is 14.9 Å². The summed E-state index contributed by atoms with van der Waals surface area (Å²) in [6, 6.07) is 3.14. The van der Waals surface area contributed by atoms with Crippen molar-refractivity contribution in [3.63, 3.8) is 0 Å². The average Bonchev–Trinajstić information content (AvgIpc) is 3.07. The number of hydrogen-bond donors (Lipinski definition) is 2. The Kier molecular flexibility index (Phi) is 4.32. The van der Waals surface area contributed by atoms with E-state index in [2.05, 4.69) is 15.7 Å². The van der Waals surface area contributed by atoms with Crippen molar-refractivity contribution < 1.29 is 14.1 Å². The van der Waals surface area contributed by atoms with Gasteiger partial charge in [-0.25, -0.2) is 4.79 Å². The average molecular weight is 279 g/mol. The Morgan fingerprint density at radius 3 is 3.00 bits per heavy atom. The van der Waals surface area contributed by atoms with E-state index in [1.165, 1.54) is 17.1 Å². The van der Waals surface area contributed by atoms with E-state index >= 15 is 0 Å². The third kappa shape index (κ3) is 3.83. The summed E-state index contributed by atoms with van der Waals surface area (Å²) in [6.45, 7) is 0.955. The van der Waals surface area contributed by atoms with E-state index in [0.717, 1.165) is 6.20 Å². The lowest BCUT2D eigenvalue weighted by Gasteiger charge is -2.06. The largest absolute Gasteiger partial charge is 0.467 e. The number of rotatable bonds is 6. The molecule has 0 unspecified atom stereocenters. The predicted octanol–water partition coefficient (Wildman–Crippen LogP) is 0.884. The molecule has 0 aliphatic carbocycles. The number of aromatic nitrogens is 2. The van der Waals surface area contributed by atoms with Gasteiger partial charge in [-0.15, -0.1) is 0 Å². The van der Waals surface area contributed by atoms with Crippen LogP contribution in [0.25, 0.3) is 0 Å². The van der Waals surface area contributed by atoms with Crippen LogP contribution < -0.4 is 10.6 Å². The molecule has 0 atom stereocenters. The molecule has 0 saturated heterocycles. The molecular weight excluding hydrogens is 266 g/mol. The van der Waals surface area contributed by atoms with Crippen LogP contribution in [0.5, 0.6) is 0 Å². The Balaban J connectivity index is 1.67. The molecule has 0 aromatic carbocycles. The zero-order valence-corrected chi connectivity index (χ0v) is 10.5. The number of nitro groups is 1. The number of nitrogens with one attached hydrogen (secondary N) is 2. The summed E-state index contributed by atoms with van der Waals surface area (Å²) in [5.74, 6) is 0.655. The molecule has 9 nitrogen and oxygen atoms in total. The number of amides is 2. The summed E-state index contributed by atoms with van der Waals surface area (Å²) in [5.41, 5.74) is -0.0766. The smallest absolute Gasteiger partial charge is 0.315 e. The zero-order chi connectivity index (χ0) is 14.4. The van der Waals surface area contributed by atoms with E-state index in [1.807, 2.05) is 0 Å². The fourth-order valence-electron chi connectivity index (χ4n) is 1.50. The molecule has 2 amide bonds. The van der Waals surface area contributed by atoms with Gasteiger partial charge in [0.05, 0.1) is 24.3 Å². The lowest BCUT2D eigenvalue weighted by atomic mass is 10.4. The number of furan rings is 1. The molecule has 0 radical (unpaired) electrons. The van der Waals surface area contributed by atoms with Gasteiger partial charge in [0.15, 0.2) is 0 Å². The van der Waals surface area contributed by atoms with Gasteiger partial charge in [-0.1, -0.05) is 0 Å². The third-order valence-corrected chi connectivity index (χ3v) is 2.46. The molecule has 0 spiro atoms. The Bertz CT molecular complexity index is 577. The van der Waals surface area contributed by atoms with Crippen LogP contribution in [-0.2, 0) is 13.1 Å². The first kappa shape index (κ1) is 13.6. The van der Waals surface area contributed by atoms with Gasteiger partial charge < -0.3 is 15.1 Å². The van der Waals surface area contributed by atoms with E-state index in [4.69, 9.17) is 4.42 Å². The maximum Gasteiger partial charge on any atom is 0.315 e. The fraction of sp³-hybridized carbons (Fsp3) is 0.273. The van der Waals surface area contributed by atoms with Gasteiger partial charge in [0.25, 0.3) is 0 Å². The quantitative estimate of drug-likeness (QED) is 0.601. The van der Waals surface area contributed by atoms with Gasteiger partial charge in [-0.2, -0.15) is 5.10 Å². The molecule has 2 rings (SSSR count). The molecular formula is C11H13N5O4. The highest BCUT2D eigenvalue weighted by molar-refractivity contribution is 5.73. The molecule has 9 heteroatoms. The van der Waals surface area contributed by atoms with Crippen LogP contribution in [-0.4, -0.2) is 27.3 Å². The summed E-state index contributed by atoms with van der Waals surface area (Å²) >= 11 is 0. The minimum atomic E-state index is -0.521. The standard InChI is InChI=1S/C11H13N5O4/c17-11(13-7-10-2-1-5-20-10)12-3-4-15-8-9(6-14-15)16(18)19/h1-2,5-6,8H,3-4,7H2,(H2,12,13,17). The molecule has 0 saturated carbocycles. The normalized spacial score (nSPS) is 10.2. The summed E-state index contributed by atoms with van der Waals surface area (Å²) in [5, 5.41) is 19.5. The minimum absolute atomic E-state index is 0.0766. The highest BCUT2D eigenvalue weighted by Gasteiger charge is 2.08. The first-order valence-electron chi connectivity index (χ1n) is 5.86. The fourth-order valence-corrected chi connectivity index (χ4v) is 1.50. The topological polar surface area (TPSA) is 115 Å². The maximum absolute atomic E-state index is 11.4. The number of carbonyl (C=O) groups is 1. The zero-order valence-electron chi connectivity index (χ0n) is 10.5. The molecule has 106 valence electrons. The second-order valence-electron chi connectivity index (χ2n) is 3.91. The van der Waals surface area contributed by atoms with Crippen LogP contribution >= 0.6 is 0 Å². The maximum atomic E-state index is 11.4. The van der Waals surface area contributed by atoms with Crippen LogP contribution in [0.15, 0.2) is 35.2 Å². The molecule has 2 heterocycles. The summed E-state index contributed by atoms with van der Waals surface area (Å²) in [6.07, 6.45) is 4.00. The van der Waals surface area contributed by atoms with Crippen molar-refractivity contribution in [2.75, 3.05) is 6.54 Å². The van der Waals surface area contributed by atoms with Crippen LogP contribution in [0.1, 0.15) is 5.76 Å². The highest BCUT2D eigenvalue weighted by atomic mass is 16.6. The Morgan fingerprint density at radius 2 is 2.35 bits per heavy atom. The van der Waals surface area contributed by atoms with Crippen LogP contribution in [0.3, 0.4) is 0 Å². The van der Waals surface area contributed by atoms with Gasteiger partial charge in [0.1, 0.15) is 18.2 Å². The Hall–Kier alpha value is -2.84. The lowest BCUT2D eigenvalue weighted by molar-refractivity contribution is -0.385. The first-order valence-corrected chi connectivity index (χ1v) is 5.86. The minimum Gasteiger partial charge on any atom is -0.467 e. The summed E-state index contributed by atoms with van der Waals surface area (Å²) < 4.78 is 6.46. The monoisotopic (exact) mass is 279 g/mol. The SMILES string of the molecule is O=C(NCCn1cc([N+](=O)[O-])cn1)NCc1ccco1. The number of nitrogens with zero attached hydrogens (tertiary/aromatic N) is 3. The van der Waals surface area contributed by atoms with Crippen molar-refractivity contribution in [2.24, 2.45) is 0 Å². The number of urea groups is 1. The van der Waals surface area contributed by atoms with Crippen molar-refractivity contribution in [3.05, 3.63) is 46.7 Å². The van der Waals surface area contributed by atoms with Gasteiger partial charge >= 0.3 is 11.7 Å². The molecule has 20 heavy (non-hydrogen) atoms. The van der Waals surface area contributed by atoms with Crippen LogP contribution in [0.4, 0.5) is 10.5 Å². The van der Waals surface area contributed by atoms with Crippen LogP contribution in [0.2, 0.25) is 0 Å². The van der Waals surface area contributed by atoms with E-state index in [1.54, 1.807) is 12.1 Å². The lowest BCUT2D eigenvalue weighted by Crippen LogP contribution is -2.36. The van der Waals surface area contributed by atoms with Crippen molar-refractivity contribution in [3.8, 4) is 0 Å². The summed E-state index contributed by atoms with van der Waals surface area (Å²) in [4.78, 5) is 21.4.